The lowest BCUT2D eigenvalue weighted by Gasteiger charge is -2.30. The Hall–Kier alpha value is -2.94. The summed E-state index contributed by atoms with van der Waals surface area (Å²) in [6, 6.07) is 6.51. The standard InChI is InChI=1S/C21H28N4O5/c1-21(2,3)18(20(29)22-10-11-26)23-19(28)17-14-6-4-5-7-15(14)25(24-17)12-13-8-9-16(27)30-13/h4-7,13,18,26H,8-12H2,1-3H3,(H,22,29)(H,23,28)/t13-,18-/m1/s1. The summed E-state index contributed by atoms with van der Waals surface area (Å²) < 4.78 is 6.96. The molecule has 1 saturated heterocycles. The van der Waals surface area contributed by atoms with E-state index in [0.29, 0.717) is 24.8 Å². The molecule has 0 spiro atoms. The molecule has 2 aromatic rings. The van der Waals surface area contributed by atoms with Gasteiger partial charge >= 0.3 is 5.97 Å². The number of amides is 2. The first-order valence-corrected chi connectivity index (χ1v) is 10.0. The molecule has 1 aliphatic rings. The van der Waals surface area contributed by atoms with E-state index in [1.54, 1.807) is 10.7 Å². The average Bonchev–Trinajstić information content (AvgIpc) is 3.27. The Kier molecular flexibility index (Phi) is 6.40. The summed E-state index contributed by atoms with van der Waals surface area (Å²) in [4.78, 5) is 37.0. The van der Waals surface area contributed by atoms with E-state index in [2.05, 4.69) is 15.7 Å². The van der Waals surface area contributed by atoms with Crippen molar-refractivity contribution in [2.24, 2.45) is 5.41 Å². The van der Waals surface area contributed by atoms with Crippen molar-refractivity contribution in [3.8, 4) is 0 Å². The molecule has 9 heteroatoms. The molecular formula is C21H28N4O5. The fourth-order valence-electron chi connectivity index (χ4n) is 3.49. The number of nitrogens with zero attached hydrogens (tertiary/aromatic N) is 2. The van der Waals surface area contributed by atoms with E-state index in [-0.39, 0.29) is 36.8 Å². The fraction of sp³-hybridized carbons (Fsp3) is 0.524. The summed E-state index contributed by atoms with van der Waals surface area (Å²) in [5.74, 6) is -1.06. The molecule has 30 heavy (non-hydrogen) atoms. The van der Waals surface area contributed by atoms with E-state index in [4.69, 9.17) is 9.84 Å². The van der Waals surface area contributed by atoms with Crippen LogP contribution in [0.5, 0.6) is 0 Å². The number of aliphatic hydroxyl groups excluding tert-OH is 1. The Labute approximate surface area is 174 Å². The van der Waals surface area contributed by atoms with E-state index in [1.165, 1.54) is 0 Å². The van der Waals surface area contributed by atoms with Gasteiger partial charge in [-0.1, -0.05) is 39.0 Å². The van der Waals surface area contributed by atoms with Crippen molar-refractivity contribution in [3.05, 3.63) is 30.0 Å². The normalized spacial score (nSPS) is 17.6. The fourth-order valence-corrected chi connectivity index (χ4v) is 3.49. The maximum absolute atomic E-state index is 13.1. The number of aliphatic hydroxyl groups is 1. The molecule has 3 N–H and O–H groups in total. The van der Waals surface area contributed by atoms with E-state index in [9.17, 15) is 14.4 Å². The molecule has 2 atom stereocenters. The van der Waals surface area contributed by atoms with E-state index >= 15 is 0 Å². The molecule has 1 aromatic heterocycles. The molecule has 9 nitrogen and oxygen atoms in total. The minimum absolute atomic E-state index is 0.110. The number of nitrogens with one attached hydrogen (secondary N) is 2. The number of aromatic nitrogens is 2. The van der Waals surface area contributed by atoms with Gasteiger partial charge in [-0.25, -0.2) is 0 Å². The van der Waals surface area contributed by atoms with E-state index in [0.717, 1.165) is 5.52 Å². The summed E-state index contributed by atoms with van der Waals surface area (Å²) in [5, 5.41) is 19.5. The van der Waals surface area contributed by atoms with Gasteiger partial charge in [0.15, 0.2) is 5.69 Å². The maximum Gasteiger partial charge on any atom is 0.306 e. The lowest BCUT2D eigenvalue weighted by molar-refractivity contribution is -0.141. The molecule has 0 bridgehead atoms. The van der Waals surface area contributed by atoms with Crippen molar-refractivity contribution in [3.63, 3.8) is 0 Å². The molecule has 162 valence electrons. The predicted octanol–water partition coefficient (Wildman–Crippen LogP) is 0.995. The highest BCUT2D eigenvalue weighted by atomic mass is 16.5. The minimum atomic E-state index is -0.809. The van der Waals surface area contributed by atoms with Crippen molar-refractivity contribution >= 4 is 28.7 Å². The summed E-state index contributed by atoms with van der Waals surface area (Å²) in [7, 11) is 0. The molecule has 2 heterocycles. The van der Waals surface area contributed by atoms with Gasteiger partial charge < -0.3 is 20.5 Å². The van der Waals surface area contributed by atoms with Crippen molar-refractivity contribution in [1.29, 1.82) is 0 Å². The Bertz CT molecular complexity index is 947. The lowest BCUT2D eigenvalue weighted by Crippen LogP contribution is -2.54. The molecule has 0 saturated carbocycles. The number of carbonyl (C=O) groups is 3. The third-order valence-corrected chi connectivity index (χ3v) is 5.03. The topological polar surface area (TPSA) is 123 Å². The van der Waals surface area contributed by atoms with Crippen LogP contribution in [0.3, 0.4) is 0 Å². The monoisotopic (exact) mass is 416 g/mol. The number of carbonyl (C=O) groups excluding carboxylic acids is 3. The van der Waals surface area contributed by atoms with Crippen LogP contribution in [-0.4, -0.2) is 58.0 Å². The lowest BCUT2D eigenvalue weighted by atomic mass is 9.86. The van der Waals surface area contributed by atoms with Crippen LogP contribution < -0.4 is 10.6 Å². The number of rotatable bonds is 7. The maximum atomic E-state index is 13.1. The Morgan fingerprint density at radius 2 is 2.07 bits per heavy atom. The third kappa shape index (κ3) is 4.79. The van der Waals surface area contributed by atoms with Crippen LogP contribution in [0.15, 0.2) is 24.3 Å². The quantitative estimate of drug-likeness (QED) is 0.579. The van der Waals surface area contributed by atoms with Gasteiger partial charge in [0, 0.05) is 18.4 Å². The number of hydrogen-bond acceptors (Lipinski definition) is 6. The van der Waals surface area contributed by atoms with Gasteiger partial charge in [0.05, 0.1) is 18.7 Å². The molecular weight excluding hydrogens is 388 g/mol. The number of para-hydroxylation sites is 1. The molecule has 0 radical (unpaired) electrons. The van der Waals surface area contributed by atoms with Crippen LogP contribution in [0.25, 0.3) is 10.9 Å². The first-order chi connectivity index (χ1) is 14.2. The first-order valence-electron chi connectivity index (χ1n) is 10.0. The van der Waals surface area contributed by atoms with Gasteiger partial charge in [0.1, 0.15) is 12.1 Å². The molecule has 1 aliphatic heterocycles. The van der Waals surface area contributed by atoms with Gasteiger partial charge in [0.25, 0.3) is 5.91 Å². The molecule has 0 unspecified atom stereocenters. The second kappa shape index (κ2) is 8.83. The average molecular weight is 416 g/mol. The highest BCUT2D eigenvalue weighted by molar-refractivity contribution is 6.06. The SMILES string of the molecule is CC(C)(C)[C@H](NC(=O)c1nn(C[C@H]2CCC(=O)O2)c2ccccc12)C(=O)NCCO. The first kappa shape index (κ1) is 21.8. The molecule has 1 fully saturated rings. The molecule has 3 rings (SSSR count). The Morgan fingerprint density at radius 3 is 2.70 bits per heavy atom. The number of fused-ring (bicyclic) bond motifs is 1. The highest BCUT2D eigenvalue weighted by Gasteiger charge is 2.34. The second-order valence-corrected chi connectivity index (χ2v) is 8.49. The number of benzene rings is 1. The Morgan fingerprint density at radius 1 is 1.33 bits per heavy atom. The van der Waals surface area contributed by atoms with Gasteiger partial charge in [-0.3, -0.25) is 19.1 Å². The van der Waals surface area contributed by atoms with Crippen LogP contribution in [-0.2, 0) is 20.9 Å². The van der Waals surface area contributed by atoms with Crippen LogP contribution >= 0.6 is 0 Å². The summed E-state index contributed by atoms with van der Waals surface area (Å²) in [6.45, 7) is 5.83. The largest absolute Gasteiger partial charge is 0.460 e. The van der Waals surface area contributed by atoms with E-state index in [1.807, 2.05) is 39.0 Å². The van der Waals surface area contributed by atoms with Crippen LogP contribution in [0.4, 0.5) is 0 Å². The minimum Gasteiger partial charge on any atom is -0.460 e. The summed E-state index contributed by atoms with van der Waals surface area (Å²) >= 11 is 0. The van der Waals surface area contributed by atoms with E-state index < -0.39 is 17.4 Å². The number of esters is 1. The zero-order chi connectivity index (χ0) is 21.9. The second-order valence-electron chi connectivity index (χ2n) is 8.49. The summed E-state index contributed by atoms with van der Waals surface area (Å²) in [6.07, 6.45) is 0.724. The molecule has 2 amide bonds. The Balaban J connectivity index is 1.86. The van der Waals surface area contributed by atoms with Crippen LogP contribution in [0, 0.1) is 5.41 Å². The van der Waals surface area contributed by atoms with Crippen LogP contribution in [0.1, 0.15) is 44.1 Å². The number of ether oxygens (including phenoxy) is 1. The smallest absolute Gasteiger partial charge is 0.306 e. The number of cyclic esters (lactones) is 1. The van der Waals surface area contributed by atoms with Crippen molar-refractivity contribution in [1.82, 2.24) is 20.4 Å². The summed E-state index contributed by atoms with van der Waals surface area (Å²) in [5.41, 5.74) is 0.410. The van der Waals surface area contributed by atoms with Gasteiger partial charge in [-0.15, -0.1) is 0 Å². The predicted molar refractivity (Wildman–Crippen MR) is 110 cm³/mol. The zero-order valence-corrected chi connectivity index (χ0v) is 17.5. The van der Waals surface area contributed by atoms with Gasteiger partial charge in [-0.2, -0.15) is 5.10 Å². The molecule has 0 aliphatic carbocycles. The van der Waals surface area contributed by atoms with Gasteiger partial charge in [-0.05, 0) is 17.9 Å². The highest BCUT2D eigenvalue weighted by Crippen LogP contribution is 2.24. The third-order valence-electron chi connectivity index (χ3n) is 5.03. The van der Waals surface area contributed by atoms with Crippen molar-refractivity contribution < 1.29 is 24.2 Å². The molecule has 1 aromatic carbocycles. The van der Waals surface area contributed by atoms with Crippen molar-refractivity contribution in [2.75, 3.05) is 13.2 Å². The van der Waals surface area contributed by atoms with Gasteiger partial charge in [0.2, 0.25) is 5.91 Å². The van der Waals surface area contributed by atoms with Crippen molar-refractivity contribution in [2.45, 2.75) is 52.3 Å². The zero-order valence-electron chi connectivity index (χ0n) is 17.5. The number of hydrogen-bond donors (Lipinski definition) is 3. The van der Waals surface area contributed by atoms with Crippen LogP contribution in [0.2, 0.25) is 0 Å².